The number of hydrogen-bond acceptors (Lipinski definition) is 7. The monoisotopic (exact) mass is 822 g/mol. The Hall–Kier alpha value is -6.48. The molecule has 314 valence electrons. The van der Waals surface area contributed by atoms with Gasteiger partial charge in [0.05, 0.1) is 35.2 Å². The minimum absolute atomic E-state index is 0.118. The second kappa shape index (κ2) is 14.3. The van der Waals surface area contributed by atoms with Crippen LogP contribution in [0.15, 0.2) is 103 Å². The van der Waals surface area contributed by atoms with E-state index in [1.54, 1.807) is 13.2 Å². The van der Waals surface area contributed by atoms with E-state index in [1.165, 1.54) is 35.1 Å². The number of nitrogens with zero attached hydrogens (tertiary/aromatic N) is 4. The molecule has 0 saturated carbocycles. The lowest BCUT2D eigenvalue weighted by atomic mass is 9.63. The number of rotatable bonds is 8. The summed E-state index contributed by atoms with van der Waals surface area (Å²) in [6, 6.07) is 34.3. The van der Waals surface area contributed by atoms with E-state index < -0.39 is 0 Å². The highest BCUT2D eigenvalue weighted by Crippen LogP contribution is 2.48. The van der Waals surface area contributed by atoms with Gasteiger partial charge in [0.1, 0.15) is 28.9 Å². The average molecular weight is 823 g/mol. The molecule has 62 heavy (non-hydrogen) atoms. The lowest BCUT2D eigenvalue weighted by Crippen LogP contribution is -2.33. The molecule has 2 aliphatic carbocycles. The van der Waals surface area contributed by atoms with Gasteiger partial charge >= 0.3 is 0 Å². The van der Waals surface area contributed by atoms with Crippen molar-refractivity contribution in [2.24, 2.45) is 0 Å². The Balaban J connectivity index is 0.914. The average Bonchev–Trinajstić information content (AvgIpc) is 3.88. The van der Waals surface area contributed by atoms with Gasteiger partial charge in [-0.25, -0.2) is 9.97 Å². The van der Waals surface area contributed by atoms with Crippen molar-refractivity contribution in [1.29, 1.82) is 0 Å². The molecule has 9 heteroatoms. The fraction of sp³-hybridized carbons (Fsp3) is 0.321. The minimum Gasteiger partial charge on any atom is -0.497 e. The predicted molar refractivity (Wildman–Crippen MR) is 248 cm³/mol. The van der Waals surface area contributed by atoms with Crippen LogP contribution < -0.4 is 14.2 Å². The van der Waals surface area contributed by atoms with Crippen LogP contribution in [0, 0.1) is 0 Å². The molecular weight excluding hydrogens is 769 g/mol. The molecule has 2 N–H and O–H groups in total. The molecule has 0 fully saturated rings. The van der Waals surface area contributed by atoms with E-state index in [9.17, 15) is 0 Å². The Morgan fingerprint density at radius 2 is 0.774 bits per heavy atom. The van der Waals surface area contributed by atoms with E-state index in [0.717, 1.165) is 69.0 Å². The number of H-pyrrole nitrogens is 2. The smallest absolute Gasteiger partial charge is 0.226 e. The fourth-order valence-corrected chi connectivity index (χ4v) is 9.40. The van der Waals surface area contributed by atoms with Crippen LogP contribution in [0.2, 0.25) is 0 Å². The normalized spacial score (nSPS) is 17.0. The van der Waals surface area contributed by atoms with Gasteiger partial charge in [-0.3, -0.25) is 0 Å². The maximum atomic E-state index is 6.40. The molecule has 8 aromatic rings. The number of nitrogens with one attached hydrogen (secondary N) is 2. The number of hydrogen-bond donors (Lipinski definition) is 2. The Bertz CT molecular complexity index is 2710. The highest BCUT2D eigenvalue weighted by molar-refractivity contribution is 5.83. The molecule has 0 unspecified atom stereocenters. The molecule has 9 nitrogen and oxygen atoms in total. The summed E-state index contributed by atoms with van der Waals surface area (Å²) in [5.41, 5.74) is 12.9. The first-order chi connectivity index (χ1) is 29.5. The SMILES string of the molecule is COc1ccc(-c2nc(Oc3ccc(-c4nc5cc6c(cc5[nH]4)C(C)(C)CCC6(C)C)cc3)cc(Oc3ccc(-c4nc5cc6c(cc5[nH]4)C(C)(C)CCC6(C)C)cc3)n2)cc1. The Kier molecular flexibility index (Phi) is 9.14. The van der Waals surface area contributed by atoms with E-state index in [1.807, 2.05) is 72.8 Å². The first kappa shape index (κ1) is 39.6. The van der Waals surface area contributed by atoms with Crippen molar-refractivity contribution in [2.45, 2.75) is 103 Å². The number of imidazole rings is 2. The van der Waals surface area contributed by atoms with Gasteiger partial charge in [0.25, 0.3) is 0 Å². The highest BCUT2D eigenvalue weighted by Gasteiger charge is 2.39. The van der Waals surface area contributed by atoms with Gasteiger partial charge in [-0.1, -0.05) is 55.4 Å². The van der Waals surface area contributed by atoms with Gasteiger partial charge in [-0.2, -0.15) is 9.97 Å². The Labute approximate surface area is 363 Å². The summed E-state index contributed by atoms with van der Waals surface area (Å²) in [4.78, 5) is 26.9. The number of fused-ring (bicyclic) bond motifs is 4. The van der Waals surface area contributed by atoms with E-state index >= 15 is 0 Å². The van der Waals surface area contributed by atoms with Crippen molar-refractivity contribution in [2.75, 3.05) is 7.11 Å². The molecule has 0 atom stereocenters. The standard InChI is InChI=1S/C53H54N6O3/c1-50(2)22-23-51(3,4)38-27-42-41(26-37(38)50)54-47(55-42)31-12-18-35(19-13-31)61-45-30-46(59-49(58-45)33-10-16-34(60-9)17-11-33)62-36-20-14-32(15-21-36)48-56-43-28-39-40(29-44(43)57-48)53(7,8)25-24-52(39,5)6/h10-21,26-30H,22-25H2,1-9H3,(H,54,55)(H,56,57). The molecule has 0 spiro atoms. The van der Waals surface area contributed by atoms with Gasteiger partial charge in [-0.05, 0) is 167 Å². The van der Waals surface area contributed by atoms with Gasteiger partial charge < -0.3 is 24.2 Å². The molecule has 3 aromatic heterocycles. The molecule has 10 rings (SSSR count). The third-order valence-corrected chi connectivity index (χ3v) is 13.6. The molecule has 0 radical (unpaired) electrons. The quantitative estimate of drug-likeness (QED) is 0.157. The second-order valence-electron chi connectivity index (χ2n) is 19.9. The second-order valence-corrected chi connectivity index (χ2v) is 19.9. The van der Waals surface area contributed by atoms with Crippen molar-refractivity contribution in [1.82, 2.24) is 29.9 Å². The fourth-order valence-electron chi connectivity index (χ4n) is 9.40. The van der Waals surface area contributed by atoms with Gasteiger partial charge in [-0.15, -0.1) is 0 Å². The molecule has 3 heterocycles. The number of aromatic amines is 2. The third-order valence-electron chi connectivity index (χ3n) is 13.6. The van der Waals surface area contributed by atoms with Crippen molar-refractivity contribution in [3.63, 3.8) is 0 Å². The number of methoxy groups -OCH3 is 1. The van der Waals surface area contributed by atoms with Gasteiger partial charge in [0.15, 0.2) is 5.82 Å². The highest BCUT2D eigenvalue weighted by atomic mass is 16.5. The summed E-state index contributed by atoms with van der Waals surface area (Å²) in [7, 11) is 1.65. The zero-order chi connectivity index (χ0) is 43.2. The number of benzene rings is 5. The summed E-state index contributed by atoms with van der Waals surface area (Å²) >= 11 is 0. The maximum Gasteiger partial charge on any atom is 0.226 e. The maximum absolute atomic E-state index is 6.40. The van der Waals surface area contributed by atoms with Crippen molar-refractivity contribution < 1.29 is 14.2 Å². The van der Waals surface area contributed by atoms with Crippen molar-refractivity contribution in [3.8, 4) is 63.2 Å². The van der Waals surface area contributed by atoms with Crippen LogP contribution in [-0.2, 0) is 21.7 Å². The number of ether oxygens (including phenoxy) is 3. The zero-order valence-electron chi connectivity index (χ0n) is 37.2. The topological polar surface area (TPSA) is 111 Å². The molecule has 0 bridgehead atoms. The summed E-state index contributed by atoms with van der Waals surface area (Å²) in [6.07, 6.45) is 4.66. The Morgan fingerprint density at radius 1 is 0.419 bits per heavy atom. The first-order valence-electron chi connectivity index (χ1n) is 21.7. The largest absolute Gasteiger partial charge is 0.497 e. The van der Waals surface area contributed by atoms with Crippen LogP contribution in [0.1, 0.15) is 103 Å². The first-order valence-corrected chi connectivity index (χ1v) is 21.7. The van der Waals surface area contributed by atoms with Crippen LogP contribution in [0.3, 0.4) is 0 Å². The van der Waals surface area contributed by atoms with E-state index in [-0.39, 0.29) is 21.7 Å². The van der Waals surface area contributed by atoms with Crippen LogP contribution in [0.5, 0.6) is 29.0 Å². The Morgan fingerprint density at radius 3 is 1.16 bits per heavy atom. The molecule has 2 aliphatic rings. The lowest BCUT2D eigenvalue weighted by Gasteiger charge is -2.41. The van der Waals surface area contributed by atoms with Gasteiger partial charge in [0, 0.05) is 16.7 Å². The summed E-state index contributed by atoms with van der Waals surface area (Å²) < 4.78 is 18.2. The molecular formula is C53H54N6O3. The molecule has 0 saturated heterocycles. The van der Waals surface area contributed by atoms with Crippen LogP contribution >= 0.6 is 0 Å². The predicted octanol–water partition coefficient (Wildman–Crippen LogP) is 13.5. The number of aromatic nitrogens is 6. The molecule has 0 amide bonds. The molecule has 5 aromatic carbocycles. The van der Waals surface area contributed by atoms with Crippen molar-refractivity contribution in [3.05, 3.63) is 125 Å². The summed E-state index contributed by atoms with van der Waals surface area (Å²) in [6.45, 7) is 18.8. The van der Waals surface area contributed by atoms with Crippen molar-refractivity contribution >= 4 is 22.1 Å². The zero-order valence-corrected chi connectivity index (χ0v) is 37.2. The van der Waals surface area contributed by atoms with E-state index in [2.05, 4.69) is 89.6 Å². The lowest BCUT2D eigenvalue weighted by molar-refractivity contribution is 0.332. The summed E-state index contributed by atoms with van der Waals surface area (Å²) in [5, 5.41) is 0. The van der Waals surface area contributed by atoms with E-state index in [0.29, 0.717) is 29.1 Å². The third kappa shape index (κ3) is 7.17. The minimum atomic E-state index is 0.118. The van der Waals surface area contributed by atoms with Crippen LogP contribution in [-0.4, -0.2) is 37.0 Å². The van der Waals surface area contributed by atoms with Gasteiger partial charge in [0.2, 0.25) is 11.8 Å². The van der Waals surface area contributed by atoms with Crippen LogP contribution in [0.25, 0.3) is 56.2 Å². The molecule has 0 aliphatic heterocycles. The van der Waals surface area contributed by atoms with E-state index in [4.69, 9.17) is 34.1 Å². The summed E-state index contributed by atoms with van der Waals surface area (Å²) in [5.74, 6) is 4.79. The van der Waals surface area contributed by atoms with Crippen LogP contribution in [0.4, 0.5) is 0 Å².